The van der Waals surface area contributed by atoms with E-state index in [0.717, 1.165) is 90.1 Å². The summed E-state index contributed by atoms with van der Waals surface area (Å²) in [5, 5.41) is 0. The number of benzene rings is 6. The van der Waals surface area contributed by atoms with E-state index in [1.54, 1.807) is 14.2 Å². The first-order valence-electron chi connectivity index (χ1n) is 17.4. The molecule has 0 atom stereocenters. The van der Waals surface area contributed by atoms with Crippen molar-refractivity contribution >= 4 is 0 Å². The lowest BCUT2D eigenvalue weighted by atomic mass is 10.0. The fourth-order valence-electron chi connectivity index (χ4n) is 6.31. The molecule has 0 radical (unpaired) electrons. The van der Waals surface area contributed by atoms with Gasteiger partial charge in [-0.1, -0.05) is 54.6 Å². The zero-order valence-corrected chi connectivity index (χ0v) is 29.1. The van der Waals surface area contributed by atoms with Gasteiger partial charge in [-0.05, 0) is 145 Å². The maximum atomic E-state index is 6.52. The van der Waals surface area contributed by atoms with E-state index in [2.05, 4.69) is 72.8 Å². The molecule has 0 spiro atoms. The van der Waals surface area contributed by atoms with Crippen LogP contribution in [0.3, 0.4) is 0 Å². The molecule has 1 heterocycles. The van der Waals surface area contributed by atoms with Crippen LogP contribution in [0.2, 0.25) is 0 Å². The van der Waals surface area contributed by atoms with Gasteiger partial charge in [-0.2, -0.15) is 0 Å². The third-order valence-electron chi connectivity index (χ3n) is 9.02. The van der Waals surface area contributed by atoms with Crippen LogP contribution in [0, 0.1) is 0 Å². The highest BCUT2D eigenvalue weighted by Crippen LogP contribution is 2.35. The number of aryl methyl sites for hydroxylation is 6. The number of hydrogen-bond donors (Lipinski definition) is 0. The summed E-state index contributed by atoms with van der Waals surface area (Å²) in [6.07, 6.45) is 5.23. The van der Waals surface area contributed by atoms with Crippen molar-refractivity contribution in [2.75, 3.05) is 21.0 Å². The molecule has 51 heavy (non-hydrogen) atoms. The van der Waals surface area contributed by atoms with Gasteiger partial charge in [-0.15, -0.1) is 0 Å². The minimum atomic E-state index is 0.267. The van der Waals surface area contributed by atoms with E-state index in [0.29, 0.717) is 0 Å². The van der Waals surface area contributed by atoms with Crippen LogP contribution >= 0.6 is 0 Å². The van der Waals surface area contributed by atoms with Crippen LogP contribution in [0.15, 0.2) is 133 Å². The lowest BCUT2D eigenvalue weighted by Crippen LogP contribution is -1.96. The molecule has 6 aromatic rings. The quantitative estimate of drug-likeness (QED) is 0.108. The minimum absolute atomic E-state index is 0.267. The monoisotopic (exact) mass is 678 g/mol. The van der Waals surface area contributed by atoms with Gasteiger partial charge < -0.3 is 28.4 Å². The molecule has 258 valence electrons. The van der Waals surface area contributed by atoms with E-state index in [4.69, 9.17) is 28.4 Å². The maximum absolute atomic E-state index is 6.52. The van der Waals surface area contributed by atoms with Crippen molar-refractivity contribution in [1.82, 2.24) is 0 Å². The topological polar surface area (TPSA) is 55.4 Å². The summed E-state index contributed by atoms with van der Waals surface area (Å²) in [6.45, 7) is 0.267. The van der Waals surface area contributed by atoms with Crippen molar-refractivity contribution in [2.45, 2.75) is 38.5 Å². The molecule has 0 N–H and O–H groups in total. The Morgan fingerprint density at radius 2 is 0.765 bits per heavy atom. The number of ether oxygens (including phenoxy) is 6. The molecule has 7 rings (SSSR count). The van der Waals surface area contributed by atoms with Gasteiger partial charge in [-0.25, -0.2) is 0 Å². The van der Waals surface area contributed by atoms with Gasteiger partial charge in [0.2, 0.25) is 6.79 Å². The van der Waals surface area contributed by atoms with E-state index in [1.807, 2.05) is 60.7 Å². The van der Waals surface area contributed by atoms with E-state index < -0.39 is 0 Å². The summed E-state index contributed by atoms with van der Waals surface area (Å²) in [7, 11) is 3.40. The first kappa shape index (κ1) is 33.6. The zero-order chi connectivity index (χ0) is 34.8. The lowest BCUT2D eigenvalue weighted by molar-refractivity contribution is 0.174. The molecule has 1 aliphatic heterocycles. The summed E-state index contributed by atoms with van der Waals surface area (Å²) < 4.78 is 35.0. The van der Waals surface area contributed by atoms with Crippen molar-refractivity contribution in [2.24, 2.45) is 0 Å². The molecule has 0 fully saturated rings. The smallest absolute Gasteiger partial charge is 0.231 e. The lowest BCUT2D eigenvalue weighted by Gasteiger charge is -2.14. The Kier molecular flexibility index (Phi) is 10.7. The molecule has 1 aliphatic rings. The third kappa shape index (κ3) is 9.22. The van der Waals surface area contributed by atoms with Crippen LogP contribution < -0.4 is 28.4 Å². The predicted molar refractivity (Wildman–Crippen MR) is 200 cm³/mol. The van der Waals surface area contributed by atoms with E-state index in [1.165, 1.54) is 27.8 Å². The first-order valence-corrected chi connectivity index (χ1v) is 17.4. The van der Waals surface area contributed by atoms with Crippen molar-refractivity contribution in [3.63, 3.8) is 0 Å². The normalized spacial score (nSPS) is 11.6. The van der Waals surface area contributed by atoms with Gasteiger partial charge in [0.05, 0.1) is 14.2 Å². The van der Waals surface area contributed by atoms with Crippen LogP contribution in [-0.2, 0) is 38.5 Å². The van der Waals surface area contributed by atoms with E-state index in [-0.39, 0.29) is 6.79 Å². The summed E-state index contributed by atoms with van der Waals surface area (Å²) >= 11 is 0. The maximum Gasteiger partial charge on any atom is 0.231 e. The Bertz CT molecular complexity index is 1970. The second-order valence-corrected chi connectivity index (χ2v) is 12.7. The standard InChI is InChI=1S/C45H42O6/c1-46-38-11-3-7-32(23-38)15-17-34-9-5-13-40(25-34)50-42-27-37(20-19-36-21-22-44-45(29-36)49-31-48-44)28-43(30-42)51-41-14-6-10-35(26-41)18-16-33-8-4-12-39(24-33)47-2/h3-14,21-30H,15-20,31H2,1-2H3. The Labute approximate surface area is 300 Å². The van der Waals surface area contributed by atoms with E-state index in [9.17, 15) is 0 Å². The van der Waals surface area contributed by atoms with Crippen molar-refractivity contribution in [1.29, 1.82) is 0 Å². The average Bonchev–Trinajstić information content (AvgIpc) is 3.64. The Morgan fingerprint density at radius 1 is 0.373 bits per heavy atom. The zero-order valence-electron chi connectivity index (χ0n) is 29.1. The predicted octanol–water partition coefficient (Wildman–Crippen LogP) is 10.4. The molecule has 6 heteroatoms. The SMILES string of the molecule is COc1cccc(CCc2cccc(Oc3cc(CCc4ccc5c(c4)OCO5)cc(Oc4cccc(CCc5cccc(OC)c5)c4)c3)c2)c1. The highest BCUT2D eigenvalue weighted by molar-refractivity contribution is 5.47. The number of fused-ring (bicyclic) bond motifs is 1. The highest BCUT2D eigenvalue weighted by atomic mass is 16.7. The Morgan fingerprint density at radius 3 is 1.25 bits per heavy atom. The van der Waals surface area contributed by atoms with Crippen LogP contribution in [0.5, 0.6) is 46.0 Å². The van der Waals surface area contributed by atoms with Gasteiger partial charge in [0.25, 0.3) is 0 Å². The largest absolute Gasteiger partial charge is 0.497 e. The first-order chi connectivity index (χ1) is 25.1. The van der Waals surface area contributed by atoms with Crippen LogP contribution in [-0.4, -0.2) is 21.0 Å². The van der Waals surface area contributed by atoms with Crippen molar-refractivity contribution in [3.05, 3.63) is 167 Å². The van der Waals surface area contributed by atoms with Crippen LogP contribution in [0.1, 0.15) is 33.4 Å². The highest BCUT2D eigenvalue weighted by Gasteiger charge is 2.14. The van der Waals surface area contributed by atoms with Gasteiger partial charge in [0.15, 0.2) is 11.5 Å². The molecule has 0 amide bonds. The number of hydrogen-bond acceptors (Lipinski definition) is 6. The number of rotatable bonds is 15. The minimum Gasteiger partial charge on any atom is -0.497 e. The summed E-state index contributed by atoms with van der Waals surface area (Å²) in [4.78, 5) is 0. The Hall–Kier alpha value is -5.88. The molecule has 6 aromatic carbocycles. The molecule has 0 saturated heterocycles. The summed E-state index contributed by atoms with van der Waals surface area (Å²) in [5.74, 6) is 6.38. The van der Waals surface area contributed by atoms with Crippen molar-refractivity contribution < 1.29 is 28.4 Å². The summed E-state index contributed by atoms with van der Waals surface area (Å²) in [5.41, 5.74) is 7.18. The molecular formula is C45H42O6. The van der Waals surface area contributed by atoms with Gasteiger partial charge in [-0.3, -0.25) is 0 Å². The van der Waals surface area contributed by atoms with Gasteiger partial charge in [0.1, 0.15) is 34.5 Å². The Balaban J connectivity index is 1.08. The molecule has 0 bridgehead atoms. The molecule has 0 aromatic heterocycles. The van der Waals surface area contributed by atoms with E-state index >= 15 is 0 Å². The molecule has 6 nitrogen and oxygen atoms in total. The van der Waals surface area contributed by atoms with Crippen LogP contribution in [0.4, 0.5) is 0 Å². The second-order valence-electron chi connectivity index (χ2n) is 12.7. The van der Waals surface area contributed by atoms with Crippen LogP contribution in [0.25, 0.3) is 0 Å². The molecule has 0 aliphatic carbocycles. The number of methoxy groups -OCH3 is 2. The molecular weight excluding hydrogens is 636 g/mol. The third-order valence-corrected chi connectivity index (χ3v) is 9.02. The molecule has 0 unspecified atom stereocenters. The second kappa shape index (κ2) is 16.2. The average molecular weight is 679 g/mol. The molecule has 0 saturated carbocycles. The van der Waals surface area contributed by atoms with Crippen molar-refractivity contribution in [3.8, 4) is 46.0 Å². The fraction of sp³-hybridized carbons (Fsp3) is 0.200. The van der Waals surface area contributed by atoms with Gasteiger partial charge in [0, 0.05) is 6.07 Å². The van der Waals surface area contributed by atoms with Gasteiger partial charge >= 0.3 is 0 Å². The fourth-order valence-corrected chi connectivity index (χ4v) is 6.31. The summed E-state index contributed by atoms with van der Waals surface area (Å²) in [6, 6.07) is 45.4.